The van der Waals surface area contributed by atoms with Crippen molar-refractivity contribution in [3.63, 3.8) is 0 Å². The summed E-state index contributed by atoms with van der Waals surface area (Å²) < 4.78 is 107. The average molecular weight is 557 g/mol. The van der Waals surface area contributed by atoms with E-state index in [0.717, 1.165) is 54.5 Å². The highest BCUT2D eigenvalue weighted by Crippen LogP contribution is 2.44. The van der Waals surface area contributed by atoms with Crippen molar-refractivity contribution in [3.8, 4) is 5.75 Å². The van der Waals surface area contributed by atoms with Crippen molar-refractivity contribution in [2.24, 2.45) is 10.7 Å². The molecule has 7 nitrogen and oxygen atoms in total. The summed E-state index contributed by atoms with van der Waals surface area (Å²) in [6, 6.07) is 4.39. The van der Waals surface area contributed by atoms with Crippen molar-refractivity contribution in [1.82, 2.24) is 0 Å². The summed E-state index contributed by atoms with van der Waals surface area (Å²) >= 11 is 0.750. The van der Waals surface area contributed by atoms with Crippen molar-refractivity contribution < 1.29 is 49.9 Å². The van der Waals surface area contributed by atoms with Gasteiger partial charge in [0.25, 0.3) is 0 Å². The molecule has 15 heteroatoms. The second-order valence-corrected chi connectivity index (χ2v) is 7.23. The predicted molar refractivity (Wildman–Crippen MR) is 126 cm³/mol. The molecule has 0 aromatic heterocycles. The van der Waals surface area contributed by atoms with Crippen molar-refractivity contribution in [3.05, 3.63) is 65.1 Å². The minimum atomic E-state index is -5.36. The molecule has 0 saturated heterocycles. The number of nitrogens with two attached hydrogens (primary N) is 1. The molecule has 0 spiro atoms. The quantitative estimate of drug-likeness (QED) is 0.240. The van der Waals surface area contributed by atoms with E-state index in [4.69, 9.17) is 20.1 Å². The first-order chi connectivity index (χ1) is 17.2. The van der Waals surface area contributed by atoms with Crippen LogP contribution in [0.1, 0.15) is 16.7 Å². The fraction of sp³-hybridized carbons (Fsp3) is 0.273. The Kier molecular flexibility index (Phi) is 11.9. The Balaban J connectivity index is 0.00000217. The van der Waals surface area contributed by atoms with Gasteiger partial charge >= 0.3 is 18.4 Å². The van der Waals surface area contributed by atoms with Gasteiger partial charge in [-0.1, -0.05) is 0 Å². The van der Waals surface area contributed by atoms with Crippen LogP contribution in [0.5, 0.6) is 5.75 Å². The van der Waals surface area contributed by atoms with Gasteiger partial charge in [0.15, 0.2) is 5.75 Å². The molecule has 0 fully saturated rings. The Labute approximate surface area is 211 Å². The van der Waals surface area contributed by atoms with Gasteiger partial charge in [-0.2, -0.15) is 26.3 Å². The van der Waals surface area contributed by atoms with E-state index in [0.29, 0.717) is 12.3 Å². The summed E-state index contributed by atoms with van der Waals surface area (Å²) in [5, 5.41) is 8.82. The van der Waals surface area contributed by atoms with Crippen LogP contribution in [0.2, 0.25) is 0 Å². The summed E-state index contributed by atoms with van der Waals surface area (Å²) in [5.41, 5.74) is 0.643. The number of allylic oxidation sites excluding steroid dienone is 1. The number of rotatable bonds is 6. The van der Waals surface area contributed by atoms with Crippen LogP contribution < -0.4 is 15.4 Å². The van der Waals surface area contributed by atoms with Crippen molar-refractivity contribution >= 4 is 35.6 Å². The van der Waals surface area contributed by atoms with Gasteiger partial charge in [0.05, 0.1) is 24.3 Å². The van der Waals surface area contributed by atoms with Crippen LogP contribution in [0.3, 0.4) is 0 Å². The molecule has 0 unspecified atom stereocenters. The molecule has 0 heterocycles. The third-order valence-electron chi connectivity index (χ3n) is 4.35. The Morgan fingerprint density at radius 2 is 1.70 bits per heavy atom. The molecule has 37 heavy (non-hydrogen) atoms. The summed E-state index contributed by atoms with van der Waals surface area (Å²) in [6.45, 7) is -0.667. The number of aliphatic hydroxyl groups excluding tert-OH is 1. The van der Waals surface area contributed by atoms with E-state index in [1.807, 2.05) is 0 Å². The molecule has 2 aromatic carbocycles. The molecule has 1 amide bonds. The molecule has 0 aliphatic carbocycles. The number of aliphatic hydroxyl groups is 1. The predicted octanol–water partition coefficient (Wildman–Crippen LogP) is 5.68. The monoisotopic (exact) mass is 557 g/mol. The van der Waals surface area contributed by atoms with Crippen molar-refractivity contribution in [2.45, 2.75) is 12.4 Å². The number of amides is 1. The van der Waals surface area contributed by atoms with Gasteiger partial charge in [0, 0.05) is 42.5 Å². The summed E-state index contributed by atoms with van der Waals surface area (Å²) in [4.78, 5) is 17.0. The number of anilines is 1. The standard InChI is InChI=1S/C21H18F7N3O3.CH4OS/c1-31(15-4-2-14(22)3-5-15)19(33)34-18-16(12(10-29)11-30-6-7-32)8-13(20(23,24)25)9-17(18)21(26,27)28;1-3-2/h2-5,8-11,32H,6-7,29H2,1H3;2H,1H3/b12-10+,30-11?;. The Hall–Kier alpha value is -3.30. The van der Waals surface area contributed by atoms with Gasteiger partial charge < -0.3 is 20.1 Å². The third kappa shape index (κ3) is 9.26. The zero-order valence-electron chi connectivity index (χ0n) is 19.3. The van der Waals surface area contributed by atoms with E-state index in [1.165, 1.54) is 0 Å². The lowest BCUT2D eigenvalue weighted by Gasteiger charge is -2.22. The van der Waals surface area contributed by atoms with Gasteiger partial charge in [-0.3, -0.25) is 9.89 Å². The fourth-order valence-electron chi connectivity index (χ4n) is 2.68. The second-order valence-electron chi connectivity index (χ2n) is 6.86. The highest BCUT2D eigenvalue weighted by molar-refractivity contribution is 7.93. The summed E-state index contributed by atoms with van der Waals surface area (Å²) in [7, 11) is 1.11. The van der Waals surface area contributed by atoms with Gasteiger partial charge in [0.2, 0.25) is 0 Å². The number of alkyl halides is 6. The Morgan fingerprint density at radius 3 is 2.16 bits per heavy atom. The largest absolute Gasteiger partial charge is 0.420 e. The molecule has 2 rings (SSSR count). The highest BCUT2D eigenvalue weighted by atomic mass is 32.2. The van der Waals surface area contributed by atoms with Crippen molar-refractivity contribution in [2.75, 3.05) is 31.4 Å². The van der Waals surface area contributed by atoms with E-state index >= 15 is 0 Å². The SMILES string of the molecule is CN(C(=O)Oc1c(/C(C=NCCO)=C/N)cc(C(F)(F)F)cc1C(F)(F)F)c1ccc(F)cc1.CSO. The lowest BCUT2D eigenvalue weighted by Crippen LogP contribution is -2.30. The molecular weight excluding hydrogens is 535 g/mol. The zero-order valence-corrected chi connectivity index (χ0v) is 20.1. The van der Waals surface area contributed by atoms with Crippen LogP contribution in [0.4, 0.5) is 41.2 Å². The normalized spacial score (nSPS) is 12.2. The maximum absolute atomic E-state index is 13.8. The van der Waals surface area contributed by atoms with E-state index < -0.39 is 58.9 Å². The molecule has 0 atom stereocenters. The number of carbonyl (C=O) groups is 1. The van der Waals surface area contributed by atoms with Gasteiger partial charge in [-0.15, -0.1) is 0 Å². The van der Waals surface area contributed by atoms with Crippen LogP contribution >= 0.6 is 12.0 Å². The van der Waals surface area contributed by atoms with Crippen LogP contribution in [0, 0.1) is 5.82 Å². The lowest BCUT2D eigenvalue weighted by molar-refractivity contribution is -0.143. The molecule has 2 aromatic rings. The molecule has 204 valence electrons. The number of nitrogens with zero attached hydrogens (tertiary/aromatic N) is 2. The Morgan fingerprint density at radius 1 is 1.14 bits per heavy atom. The number of aliphatic imine (C=N–C) groups is 1. The van der Waals surface area contributed by atoms with E-state index in [2.05, 4.69) is 4.99 Å². The number of halogens is 7. The number of carbonyl (C=O) groups excluding carboxylic acids is 1. The first kappa shape index (κ1) is 31.7. The molecule has 0 aliphatic heterocycles. The number of hydrogen-bond donors (Lipinski definition) is 3. The maximum atomic E-state index is 13.8. The van der Waals surface area contributed by atoms with Gasteiger partial charge in [-0.05, 0) is 48.4 Å². The van der Waals surface area contributed by atoms with Crippen LogP contribution in [0.25, 0.3) is 5.57 Å². The van der Waals surface area contributed by atoms with E-state index in [1.54, 1.807) is 6.26 Å². The molecule has 0 radical (unpaired) electrons. The third-order valence-corrected chi connectivity index (χ3v) is 4.35. The number of ether oxygens (including phenoxy) is 1. The molecule has 4 N–H and O–H groups in total. The van der Waals surface area contributed by atoms with Crippen LogP contribution in [0.15, 0.2) is 47.6 Å². The fourth-order valence-corrected chi connectivity index (χ4v) is 2.68. The average Bonchev–Trinajstić information content (AvgIpc) is 2.81. The van der Waals surface area contributed by atoms with Crippen LogP contribution in [-0.4, -0.2) is 48.4 Å². The van der Waals surface area contributed by atoms with Gasteiger partial charge in [0.1, 0.15) is 5.82 Å². The highest BCUT2D eigenvalue weighted by Gasteiger charge is 2.41. The first-order valence-electron chi connectivity index (χ1n) is 9.95. The zero-order chi connectivity index (χ0) is 28.4. The minimum Gasteiger partial charge on any atom is -0.409 e. The molecule has 0 saturated carbocycles. The maximum Gasteiger partial charge on any atom is 0.420 e. The first-order valence-corrected chi connectivity index (χ1v) is 11.1. The lowest BCUT2D eigenvalue weighted by atomic mass is 9.98. The minimum absolute atomic E-state index is 0.0347. The van der Waals surface area contributed by atoms with E-state index in [9.17, 15) is 35.5 Å². The summed E-state index contributed by atoms with van der Waals surface area (Å²) in [5.74, 6) is -1.89. The van der Waals surface area contributed by atoms with E-state index in [-0.39, 0.29) is 18.3 Å². The molecule has 0 bridgehead atoms. The topological polar surface area (TPSA) is 108 Å². The number of hydrogen-bond acceptors (Lipinski definition) is 7. The molecular formula is C22H22F7N3O4S. The van der Waals surface area contributed by atoms with Crippen molar-refractivity contribution in [1.29, 1.82) is 0 Å². The Bertz CT molecular complexity index is 1110. The van der Waals surface area contributed by atoms with Gasteiger partial charge in [-0.25, -0.2) is 9.18 Å². The summed E-state index contributed by atoms with van der Waals surface area (Å²) in [6.07, 6.45) is -8.82. The van der Waals surface area contributed by atoms with Crippen LogP contribution in [-0.2, 0) is 12.4 Å². The molecule has 0 aliphatic rings. The second kappa shape index (κ2) is 13.9. The smallest absolute Gasteiger partial charge is 0.409 e. The number of benzene rings is 2.